The van der Waals surface area contributed by atoms with Crippen molar-refractivity contribution in [2.75, 3.05) is 26.4 Å². The first-order valence-corrected chi connectivity index (χ1v) is 6.26. The van der Waals surface area contributed by atoms with Gasteiger partial charge in [0.25, 0.3) is 0 Å². The van der Waals surface area contributed by atoms with E-state index in [0.717, 1.165) is 26.0 Å². The lowest BCUT2D eigenvalue weighted by Gasteiger charge is -2.29. The van der Waals surface area contributed by atoms with Crippen LogP contribution in [0.25, 0.3) is 0 Å². The van der Waals surface area contributed by atoms with Crippen LogP contribution in [0.15, 0.2) is 0 Å². The van der Waals surface area contributed by atoms with Crippen molar-refractivity contribution < 1.29 is 9.84 Å². The van der Waals surface area contributed by atoms with Crippen molar-refractivity contribution in [2.45, 2.75) is 53.0 Å². The zero-order chi connectivity index (χ0) is 12.7. The van der Waals surface area contributed by atoms with E-state index in [9.17, 15) is 5.11 Å². The van der Waals surface area contributed by atoms with Crippen LogP contribution in [0.2, 0.25) is 0 Å². The third-order valence-corrected chi connectivity index (χ3v) is 2.57. The maximum Gasteiger partial charge on any atom is 0.0668 e. The molecule has 3 nitrogen and oxygen atoms in total. The Morgan fingerprint density at radius 1 is 1.19 bits per heavy atom. The molecule has 0 rings (SSSR count). The van der Waals surface area contributed by atoms with Gasteiger partial charge in [0.05, 0.1) is 18.8 Å². The molecule has 0 fully saturated rings. The molecular formula is C13H29NO2. The van der Waals surface area contributed by atoms with Crippen molar-refractivity contribution in [3.05, 3.63) is 0 Å². The summed E-state index contributed by atoms with van der Waals surface area (Å²) in [5, 5.41) is 12.6. The van der Waals surface area contributed by atoms with E-state index in [1.165, 1.54) is 0 Å². The third kappa shape index (κ3) is 8.08. The highest BCUT2D eigenvalue weighted by molar-refractivity contribution is 4.81. The van der Waals surface area contributed by atoms with E-state index >= 15 is 0 Å². The number of nitrogens with one attached hydrogen (secondary N) is 1. The largest absolute Gasteiger partial charge is 0.394 e. The molecule has 0 bridgehead atoms. The van der Waals surface area contributed by atoms with Crippen LogP contribution >= 0.6 is 0 Å². The van der Waals surface area contributed by atoms with Gasteiger partial charge in [0, 0.05) is 6.61 Å². The molecule has 0 aromatic heterocycles. The molecular weight excluding hydrogens is 202 g/mol. The molecule has 0 aromatic rings. The topological polar surface area (TPSA) is 41.5 Å². The smallest absolute Gasteiger partial charge is 0.0668 e. The molecule has 3 heteroatoms. The molecule has 0 spiro atoms. The number of aliphatic hydroxyl groups is 1. The lowest BCUT2D eigenvalue weighted by molar-refractivity contribution is 0.0342. The van der Waals surface area contributed by atoms with E-state index in [2.05, 4.69) is 33.0 Å². The Labute approximate surface area is 101 Å². The van der Waals surface area contributed by atoms with Gasteiger partial charge in [0.2, 0.25) is 0 Å². The number of ether oxygens (including phenoxy) is 1. The summed E-state index contributed by atoms with van der Waals surface area (Å²) < 4.78 is 5.64. The summed E-state index contributed by atoms with van der Waals surface area (Å²) in [7, 11) is 0. The van der Waals surface area contributed by atoms with Crippen LogP contribution in [-0.2, 0) is 4.74 Å². The molecule has 0 saturated heterocycles. The second-order valence-corrected chi connectivity index (χ2v) is 6.01. The Hall–Kier alpha value is -0.120. The van der Waals surface area contributed by atoms with Gasteiger partial charge in [-0.05, 0) is 31.7 Å². The highest BCUT2D eigenvalue weighted by atomic mass is 16.5. The molecule has 98 valence electrons. The minimum Gasteiger partial charge on any atom is -0.394 e. The molecule has 0 saturated carbocycles. The zero-order valence-electron chi connectivity index (χ0n) is 11.6. The Balaban J connectivity index is 3.77. The molecule has 1 atom stereocenters. The molecule has 0 aliphatic rings. The maximum atomic E-state index is 9.33. The van der Waals surface area contributed by atoms with Crippen LogP contribution in [-0.4, -0.2) is 37.0 Å². The predicted molar refractivity (Wildman–Crippen MR) is 68.7 cm³/mol. The lowest BCUT2D eigenvalue weighted by Crippen LogP contribution is -2.50. The third-order valence-electron chi connectivity index (χ3n) is 2.57. The SMILES string of the molecule is CCCNC(C)(CO)COCCC(C)(C)C. The quantitative estimate of drug-likeness (QED) is 0.629. The van der Waals surface area contributed by atoms with E-state index in [1.807, 2.05) is 6.92 Å². The molecule has 1 unspecified atom stereocenters. The van der Waals surface area contributed by atoms with Gasteiger partial charge in [-0.2, -0.15) is 0 Å². The second kappa shape index (κ2) is 7.25. The van der Waals surface area contributed by atoms with Crippen LogP contribution in [0, 0.1) is 5.41 Å². The lowest BCUT2D eigenvalue weighted by atomic mass is 9.93. The number of rotatable bonds is 8. The first-order chi connectivity index (χ1) is 7.33. The van der Waals surface area contributed by atoms with E-state index in [4.69, 9.17) is 4.74 Å². The van der Waals surface area contributed by atoms with E-state index in [1.54, 1.807) is 0 Å². The summed E-state index contributed by atoms with van der Waals surface area (Å²) in [6, 6.07) is 0. The summed E-state index contributed by atoms with van der Waals surface area (Å²) in [6.07, 6.45) is 2.11. The van der Waals surface area contributed by atoms with Gasteiger partial charge in [0.15, 0.2) is 0 Å². The molecule has 0 aromatic carbocycles. The van der Waals surface area contributed by atoms with Crippen molar-refractivity contribution in [3.8, 4) is 0 Å². The predicted octanol–water partition coefficient (Wildman–Crippen LogP) is 2.19. The van der Waals surface area contributed by atoms with Crippen LogP contribution < -0.4 is 5.32 Å². The highest BCUT2D eigenvalue weighted by Crippen LogP contribution is 2.18. The van der Waals surface area contributed by atoms with Crippen molar-refractivity contribution in [2.24, 2.45) is 5.41 Å². The average Bonchev–Trinajstić information content (AvgIpc) is 2.20. The molecule has 16 heavy (non-hydrogen) atoms. The fourth-order valence-electron chi connectivity index (χ4n) is 1.26. The molecule has 0 aliphatic carbocycles. The number of aliphatic hydroxyl groups excluding tert-OH is 1. The minimum absolute atomic E-state index is 0.114. The van der Waals surface area contributed by atoms with Gasteiger partial charge in [0.1, 0.15) is 0 Å². The summed E-state index contributed by atoms with van der Waals surface area (Å²) in [5.41, 5.74) is 0.0142. The Morgan fingerprint density at radius 3 is 2.25 bits per heavy atom. The van der Waals surface area contributed by atoms with E-state index in [-0.39, 0.29) is 12.1 Å². The normalized spacial score (nSPS) is 16.1. The fourth-order valence-corrected chi connectivity index (χ4v) is 1.26. The van der Waals surface area contributed by atoms with Crippen LogP contribution in [0.5, 0.6) is 0 Å². The molecule has 0 heterocycles. The first kappa shape index (κ1) is 15.9. The molecule has 0 amide bonds. The Bertz CT molecular complexity index is 177. The zero-order valence-corrected chi connectivity index (χ0v) is 11.6. The van der Waals surface area contributed by atoms with Crippen LogP contribution in [0.1, 0.15) is 47.5 Å². The summed E-state index contributed by atoms with van der Waals surface area (Å²) in [5.74, 6) is 0. The summed E-state index contributed by atoms with van der Waals surface area (Å²) in [4.78, 5) is 0. The van der Waals surface area contributed by atoms with Gasteiger partial charge in [-0.25, -0.2) is 0 Å². The van der Waals surface area contributed by atoms with Gasteiger partial charge >= 0.3 is 0 Å². The van der Waals surface area contributed by atoms with Gasteiger partial charge < -0.3 is 15.2 Å². The number of hydrogen-bond acceptors (Lipinski definition) is 3. The first-order valence-electron chi connectivity index (χ1n) is 6.26. The molecule has 2 N–H and O–H groups in total. The van der Waals surface area contributed by atoms with Crippen molar-refractivity contribution >= 4 is 0 Å². The molecule has 0 radical (unpaired) electrons. The van der Waals surface area contributed by atoms with Crippen LogP contribution in [0.3, 0.4) is 0 Å². The van der Waals surface area contributed by atoms with Gasteiger partial charge in [-0.15, -0.1) is 0 Å². The highest BCUT2D eigenvalue weighted by Gasteiger charge is 2.22. The monoisotopic (exact) mass is 231 g/mol. The average molecular weight is 231 g/mol. The fraction of sp³-hybridized carbons (Fsp3) is 1.00. The van der Waals surface area contributed by atoms with Crippen LogP contribution in [0.4, 0.5) is 0 Å². The number of hydrogen-bond donors (Lipinski definition) is 2. The van der Waals surface area contributed by atoms with Crippen molar-refractivity contribution in [1.29, 1.82) is 0 Å². The maximum absolute atomic E-state index is 9.33. The van der Waals surface area contributed by atoms with Crippen molar-refractivity contribution in [1.82, 2.24) is 5.32 Å². The Morgan fingerprint density at radius 2 is 1.81 bits per heavy atom. The summed E-state index contributed by atoms with van der Waals surface area (Å²) in [6.45, 7) is 13.1. The second-order valence-electron chi connectivity index (χ2n) is 6.01. The van der Waals surface area contributed by atoms with E-state index in [0.29, 0.717) is 12.0 Å². The summed E-state index contributed by atoms with van der Waals surface area (Å²) >= 11 is 0. The molecule has 0 aliphatic heterocycles. The van der Waals surface area contributed by atoms with Crippen molar-refractivity contribution in [3.63, 3.8) is 0 Å². The standard InChI is InChI=1S/C13H29NO2/c1-6-8-14-13(5,10-15)11-16-9-7-12(2,3)4/h14-15H,6-11H2,1-5H3. The van der Waals surface area contributed by atoms with Gasteiger partial charge in [-0.3, -0.25) is 0 Å². The minimum atomic E-state index is -0.298. The van der Waals surface area contributed by atoms with E-state index < -0.39 is 0 Å². The van der Waals surface area contributed by atoms with Gasteiger partial charge in [-0.1, -0.05) is 27.7 Å². The Kier molecular flexibility index (Phi) is 7.20.